The normalized spacial score (nSPS) is 14.0. The van der Waals surface area contributed by atoms with Gasteiger partial charge in [-0.2, -0.15) is 0 Å². The van der Waals surface area contributed by atoms with Gasteiger partial charge in [-0.05, 0) is 30.3 Å². The average molecular weight is 361 g/mol. The second-order valence-corrected chi connectivity index (χ2v) is 5.68. The van der Waals surface area contributed by atoms with Crippen molar-refractivity contribution in [2.75, 3.05) is 4.90 Å². The third-order valence-electron chi connectivity index (χ3n) is 3.38. The smallest absolute Gasteiger partial charge is 0.271 e. The SMILES string of the molecule is O=C1CC(=O)N(c2ccc(Br)cc2)c2cc([N+](=O)[O-])ccc21. The van der Waals surface area contributed by atoms with Crippen LogP contribution in [0.15, 0.2) is 46.9 Å². The fourth-order valence-corrected chi connectivity index (χ4v) is 2.64. The van der Waals surface area contributed by atoms with Crippen LogP contribution in [0, 0.1) is 10.1 Å². The Hall–Kier alpha value is -2.54. The van der Waals surface area contributed by atoms with Crippen molar-refractivity contribution in [3.63, 3.8) is 0 Å². The minimum Gasteiger partial charge on any atom is -0.294 e. The Morgan fingerprint density at radius 3 is 2.41 bits per heavy atom. The second kappa shape index (κ2) is 5.34. The number of hydrogen-bond donors (Lipinski definition) is 0. The number of nitrogens with zero attached hydrogens (tertiary/aromatic N) is 2. The highest BCUT2D eigenvalue weighted by atomic mass is 79.9. The van der Waals surface area contributed by atoms with Gasteiger partial charge < -0.3 is 0 Å². The number of nitro groups is 1. The predicted octanol–water partition coefficient (Wildman–Crippen LogP) is 3.61. The summed E-state index contributed by atoms with van der Waals surface area (Å²) in [7, 11) is 0. The van der Waals surface area contributed by atoms with Crippen LogP contribution in [0.3, 0.4) is 0 Å². The van der Waals surface area contributed by atoms with Crippen LogP contribution < -0.4 is 4.90 Å². The third-order valence-corrected chi connectivity index (χ3v) is 3.91. The maximum atomic E-state index is 12.3. The highest BCUT2D eigenvalue weighted by molar-refractivity contribution is 9.10. The summed E-state index contributed by atoms with van der Waals surface area (Å²) in [6.45, 7) is 0. The summed E-state index contributed by atoms with van der Waals surface area (Å²) in [5.41, 5.74) is 0.955. The van der Waals surface area contributed by atoms with E-state index in [9.17, 15) is 19.7 Å². The van der Waals surface area contributed by atoms with E-state index in [0.29, 0.717) is 11.3 Å². The standard InChI is InChI=1S/C15H9BrN2O4/c16-9-1-3-10(4-2-9)17-13-7-11(18(21)22)5-6-12(13)14(19)8-15(17)20/h1-7H,8H2. The fraction of sp³-hybridized carbons (Fsp3) is 0.0667. The van der Waals surface area contributed by atoms with E-state index >= 15 is 0 Å². The summed E-state index contributed by atoms with van der Waals surface area (Å²) in [6.07, 6.45) is -0.249. The molecule has 0 fully saturated rings. The summed E-state index contributed by atoms with van der Waals surface area (Å²) in [6, 6.07) is 10.9. The molecule has 1 amide bonds. The molecule has 22 heavy (non-hydrogen) atoms. The Kier molecular flexibility index (Phi) is 3.50. The first kappa shape index (κ1) is 14.4. The molecule has 7 heteroatoms. The number of nitro benzene ring substituents is 1. The summed E-state index contributed by atoms with van der Waals surface area (Å²) >= 11 is 3.31. The van der Waals surface area contributed by atoms with Gasteiger partial charge >= 0.3 is 0 Å². The van der Waals surface area contributed by atoms with Gasteiger partial charge in [-0.15, -0.1) is 0 Å². The molecule has 0 radical (unpaired) electrons. The third kappa shape index (κ3) is 2.39. The van der Waals surface area contributed by atoms with Crippen molar-refractivity contribution in [1.29, 1.82) is 0 Å². The number of carbonyl (C=O) groups is 2. The number of rotatable bonds is 2. The van der Waals surface area contributed by atoms with Gasteiger partial charge in [-0.25, -0.2) is 0 Å². The number of fused-ring (bicyclic) bond motifs is 1. The lowest BCUT2D eigenvalue weighted by molar-refractivity contribution is -0.384. The molecule has 3 rings (SSSR count). The first-order valence-electron chi connectivity index (χ1n) is 6.37. The van der Waals surface area contributed by atoms with E-state index in [0.717, 1.165) is 4.47 Å². The van der Waals surface area contributed by atoms with Crippen molar-refractivity contribution in [1.82, 2.24) is 0 Å². The number of hydrogen-bond acceptors (Lipinski definition) is 4. The number of halogens is 1. The minimum atomic E-state index is -0.552. The Morgan fingerprint density at radius 2 is 1.77 bits per heavy atom. The molecule has 1 aliphatic heterocycles. The number of non-ortho nitro benzene ring substituents is 1. The molecule has 6 nitrogen and oxygen atoms in total. The molecule has 0 bridgehead atoms. The Bertz CT molecular complexity index is 802. The molecule has 1 aliphatic rings. The summed E-state index contributed by atoms with van der Waals surface area (Å²) in [4.78, 5) is 36.0. The van der Waals surface area contributed by atoms with Gasteiger partial charge in [0.25, 0.3) is 5.69 Å². The van der Waals surface area contributed by atoms with Gasteiger partial charge in [-0.3, -0.25) is 24.6 Å². The van der Waals surface area contributed by atoms with Crippen LogP contribution in [0.2, 0.25) is 0 Å². The van der Waals surface area contributed by atoms with Gasteiger partial charge in [-0.1, -0.05) is 15.9 Å². The van der Waals surface area contributed by atoms with Gasteiger partial charge in [0.2, 0.25) is 5.91 Å². The van der Waals surface area contributed by atoms with E-state index in [1.165, 1.54) is 23.1 Å². The zero-order valence-corrected chi connectivity index (χ0v) is 12.7. The van der Waals surface area contributed by atoms with Crippen LogP contribution in [-0.2, 0) is 4.79 Å². The summed E-state index contributed by atoms with van der Waals surface area (Å²) in [5, 5.41) is 10.9. The maximum absolute atomic E-state index is 12.3. The highest BCUT2D eigenvalue weighted by Gasteiger charge is 2.32. The topological polar surface area (TPSA) is 80.5 Å². The number of amides is 1. The Labute approximate surface area is 133 Å². The highest BCUT2D eigenvalue weighted by Crippen LogP contribution is 2.36. The fourth-order valence-electron chi connectivity index (χ4n) is 2.37. The monoisotopic (exact) mass is 360 g/mol. The van der Waals surface area contributed by atoms with Crippen LogP contribution in [0.4, 0.5) is 17.1 Å². The molecule has 0 atom stereocenters. The average Bonchev–Trinajstić information content (AvgIpc) is 2.48. The molecule has 0 saturated heterocycles. The lowest BCUT2D eigenvalue weighted by Gasteiger charge is -2.28. The molecule has 2 aromatic carbocycles. The zero-order valence-electron chi connectivity index (χ0n) is 11.2. The molecule has 2 aromatic rings. The lowest BCUT2D eigenvalue weighted by Crippen LogP contribution is -2.33. The molecular formula is C15H9BrN2O4. The van der Waals surface area contributed by atoms with Crippen molar-refractivity contribution < 1.29 is 14.5 Å². The number of benzene rings is 2. The lowest BCUT2D eigenvalue weighted by atomic mass is 9.98. The van der Waals surface area contributed by atoms with Crippen LogP contribution in [-0.4, -0.2) is 16.6 Å². The molecule has 0 N–H and O–H groups in total. The van der Waals surface area contributed by atoms with Crippen LogP contribution in [0.25, 0.3) is 0 Å². The summed E-state index contributed by atoms with van der Waals surface area (Å²) < 4.78 is 0.844. The van der Waals surface area contributed by atoms with E-state index in [4.69, 9.17) is 0 Å². The largest absolute Gasteiger partial charge is 0.294 e. The first-order chi connectivity index (χ1) is 10.5. The zero-order chi connectivity index (χ0) is 15.9. The molecule has 1 heterocycles. The molecule has 0 aliphatic carbocycles. The van der Waals surface area contributed by atoms with Gasteiger partial charge in [0, 0.05) is 27.9 Å². The van der Waals surface area contributed by atoms with E-state index in [-0.39, 0.29) is 23.6 Å². The number of anilines is 2. The van der Waals surface area contributed by atoms with Crippen LogP contribution in [0.5, 0.6) is 0 Å². The van der Waals surface area contributed by atoms with Crippen molar-refractivity contribution in [3.05, 3.63) is 62.6 Å². The molecule has 0 saturated carbocycles. The predicted molar refractivity (Wildman–Crippen MR) is 83.3 cm³/mol. The quantitative estimate of drug-likeness (QED) is 0.465. The number of ketones is 1. The number of carbonyl (C=O) groups excluding carboxylic acids is 2. The van der Waals surface area contributed by atoms with Gasteiger partial charge in [0.05, 0.1) is 17.0 Å². The van der Waals surface area contributed by atoms with Crippen molar-refractivity contribution in [2.45, 2.75) is 6.42 Å². The maximum Gasteiger partial charge on any atom is 0.271 e. The first-order valence-corrected chi connectivity index (χ1v) is 7.17. The van der Waals surface area contributed by atoms with E-state index in [1.54, 1.807) is 24.3 Å². The van der Waals surface area contributed by atoms with E-state index in [1.807, 2.05) is 0 Å². The summed E-state index contributed by atoms with van der Waals surface area (Å²) in [5.74, 6) is -0.733. The molecule has 0 aromatic heterocycles. The van der Waals surface area contributed by atoms with E-state index < -0.39 is 10.8 Å². The van der Waals surface area contributed by atoms with Gasteiger partial charge in [0.15, 0.2) is 5.78 Å². The number of Topliss-reactive ketones (excluding diaryl/α,β-unsaturated/α-hetero) is 1. The molecule has 0 unspecified atom stereocenters. The van der Waals surface area contributed by atoms with Crippen molar-refractivity contribution >= 4 is 44.7 Å². The van der Waals surface area contributed by atoms with Crippen molar-refractivity contribution in [3.8, 4) is 0 Å². The Morgan fingerprint density at radius 1 is 1.09 bits per heavy atom. The van der Waals surface area contributed by atoms with Gasteiger partial charge in [0.1, 0.15) is 0 Å². The minimum absolute atomic E-state index is 0.164. The molecular weight excluding hydrogens is 352 g/mol. The molecule has 110 valence electrons. The van der Waals surface area contributed by atoms with E-state index in [2.05, 4.69) is 15.9 Å². The second-order valence-electron chi connectivity index (χ2n) is 4.76. The van der Waals surface area contributed by atoms with Crippen LogP contribution in [0.1, 0.15) is 16.8 Å². The Balaban J connectivity index is 2.19. The van der Waals surface area contributed by atoms with Crippen molar-refractivity contribution in [2.24, 2.45) is 0 Å². The van der Waals surface area contributed by atoms with Crippen LogP contribution >= 0.6 is 15.9 Å². The molecule has 0 spiro atoms.